The van der Waals surface area contributed by atoms with Crippen molar-refractivity contribution >= 4 is 33.5 Å². The van der Waals surface area contributed by atoms with E-state index >= 15 is 0 Å². The molecule has 0 aliphatic carbocycles. The van der Waals surface area contributed by atoms with Crippen molar-refractivity contribution in [1.29, 1.82) is 0 Å². The van der Waals surface area contributed by atoms with Crippen LogP contribution in [-0.2, 0) is 0 Å². The normalized spacial score (nSPS) is 11.2. The number of aromatic nitrogens is 1. The van der Waals surface area contributed by atoms with Crippen LogP contribution in [0.5, 0.6) is 0 Å². The van der Waals surface area contributed by atoms with Crippen LogP contribution in [-0.4, -0.2) is 11.1 Å². The standard InChI is InChI=1S/C20H12N2O4/c23-20(15-11-19(26-22-15)18-6-3-9-24-18)21-12-7-8-17-14(10-12)13-4-1-2-5-16(13)25-17/h1-11H,(H,21,23). The number of anilines is 1. The highest BCUT2D eigenvalue weighted by Crippen LogP contribution is 2.30. The number of carbonyl (C=O) groups is 1. The molecule has 26 heavy (non-hydrogen) atoms. The minimum absolute atomic E-state index is 0.175. The molecule has 1 amide bonds. The second-order valence-corrected chi connectivity index (χ2v) is 5.82. The Morgan fingerprint density at radius 3 is 2.65 bits per heavy atom. The van der Waals surface area contributed by atoms with Crippen LogP contribution < -0.4 is 5.32 Å². The van der Waals surface area contributed by atoms with E-state index < -0.39 is 0 Å². The SMILES string of the molecule is O=C(Nc1ccc2oc3ccccc3c2c1)c1cc(-c2ccco2)on1. The van der Waals surface area contributed by atoms with E-state index in [1.165, 1.54) is 6.26 Å². The summed E-state index contributed by atoms with van der Waals surface area (Å²) in [5.74, 6) is 0.554. The van der Waals surface area contributed by atoms with Gasteiger partial charge in [0.05, 0.1) is 6.26 Å². The molecule has 0 saturated heterocycles. The smallest absolute Gasteiger partial charge is 0.277 e. The van der Waals surface area contributed by atoms with E-state index in [4.69, 9.17) is 13.4 Å². The number of hydrogen-bond donors (Lipinski definition) is 1. The fraction of sp³-hybridized carbons (Fsp3) is 0. The van der Waals surface area contributed by atoms with E-state index in [-0.39, 0.29) is 11.6 Å². The molecule has 5 aromatic rings. The van der Waals surface area contributed by atoms with E-state index in [9.17, 15) is 4.79 Å². The molecule has 0 unspecified atom stereocenters. The van der Waals surface area contributed by atoms with Gasteiger partial charge in [0.25, 0.3) is 5.91 Å². The van der Waals surface area contributed by atoms with Crippen molar-refractivity contribution in [1.82, 2.24) is 5.16 Å². The number of furan rings is 2. The summed E-state index contributed by atoms with van der Waals surface area (Å²) in [4.78, 5) is 12.4. The highest BCUT2D eigenvalue weighted by atomic mass is 16.5. The van der Waals surface area contributed by atoms with Crippen LogP contribution in [0, 0.1) is 0 Å². The van der Waals surface area contributed by atoms with Crippen molar-refractivity contribution in [2.24, 2.45) is 0 Å². The molecule has 1 N–H and O–H groups in total. The van der Waals surface area contributed by atoms with Crippen molar-refractivity contribution in [2.75, 3.05) is 5.32 Å². The number of amides is 1. The molecule has 126 valence electrons. The predicted octanol–water partition coefficient (Wildman–Crippen LogP) is 5.09. The molecule has 0 atom stereocenters. The number of rotatable bonds is 3. The Kier molecular flexibility index (Phi) is 3.15. The van der Waals surface area contributed by atoms with Gasteiger partial charge in [-0.1, -0.05) is 23.4 Å². The minimum atomic E-state index is -0.362. The Balaban J connectivity index is 1.45. The Hall–Kier alpha value is -3.80. The van der Waals surface area contributed by atoms with E-state index in [2.05, 4.69) is 10.5 Å². The van der Waals surface area contributed by atoms with Crippen LogP contribution in [0.1, 0.15) is 10.5 Å². The summed E-state index contributed by atoms with van der Waals surface area (Å²) < 4.78 is 16.2. The Bertz CT molecular complexity index is 1230. The lowest BCUT2D eigenvalue weighted by Crippen LogP contribution is -2.11. The van der Waals surface area contributed by atoms with Crippen LogP contribution in [0.25, 0.3) is 33.5 Å². The van der Waals surface area contributed by atoms with Gasteiger partial charge in [-0.15, -0.1) is 0 Å². The highest BCUT2D eigenvalue weighted by molar-refractivity contribution is 6.08. The van der Waals surface area contributed by atoms with Gasteiger partial charge >= 0.3 is 0 Å². The molecule has 0 fully saturated rings. The van der Waals surface area contributed by atoms with Crippen LogP contribution in [0.3, 0.4) is 0 Å². The number of fused-ring (bicyclic) bond motifs is 3. The molecule has 0 aliphatic heterocycles. The topological polar surface area (TPSA) is 81.4 Å². The zero-order valence-corrected chi connectivity index (χ0v) is 13.4. The molecule has 2 aromatic carbocycles. The molecule has 0 spiro atoms. The predicted molar refractivity (Wildman–Crippen MR) is 95.9 cm³/mol. The van der Waals surface area contributed by atoms with Gasteiger partial charge in [-0.25, -0.2) is 0 Å². The summed E-state index contributed by atoms with van der Waals surface area (Å²) in [6.45, 7) is 0. The Morgan fingerprint density at radius 1 is 0.885 bits per heavy atom. The molecule has 0 aliphatic rings. The minimum Gasteiger partial charge on any atom is -0.461 e. The van der Waals surface area contributed by atoms with Crippen molar-refractivity contribution < 1.29 is 18.2 Å². The zero-order valence-electron chi connectivity index (χ0n) is 13.4. The first kappa shape index (κ1) is 14.5. The van der Waals surface area contributed by atoms with Crippen molar-refractivity contribution in [3.63, 3.8) is 0 Å². The number of nitrogens with one attached hydrogen (secondary N) is 1. The number of carbonyl (C=O) groups excluding carboxylic acids is 1. The third kappa shape index (κ3) is 2.36. The van der Waals surface area contributed by atoms with Crippen molar-refractivity contribution in [3.05, 3.63) is 72.6 Å². The highest BCUT2D eigenvalue weighted by Gasteiger charge is 2.16. The van der Waals surface area contributed by atoms with E-state index in [0.717, 1.165) is 21.9 Å². The van der Waals surface area contributed by atoms with Gasteiger partial charge < -0.3 is 18.7 Å². The summed E-state index contributed by atoms with van der Waals surface area (Å²) in [5.41, 5.74) is 2.40. The van der Waals surface area contributed by atoms with Crippen LogP contribution >= 0.6 is 0 Å². The van der Waals surface area contributed by atoms with Gasteiger partial charge in [0.15, 0.2) is 11.5 Å². The molecule has 5 rings (SSSR count). The first-order valence-electron chi connectivity index (χ1n) is 8.01. The molecule has 3 aromatic heterocycles. The van der Waals surface area contributed by atoms with Crippen molar-refractivity contribution in [2.45, 2.75) is 0 Å². The molecular formula is C20H12N2O4. The molecule has 6 heteroatoms. The van der Waals surface area contributed by atoms with Gasteiger partial charge in [-0.05, 0) is 36.4 Å². The van der Waals surface area contributed by atoms with Gasteiger partial charge in [0.1, 0.15) is 11.2 Å². The quantitative estimate of drug-likeness (QED) is 0.493. The van der Waals surface area contributed by atoms with Crippen LogP contribution in [0.4, 0.5) is 5.69 Å². The third-order valence-electron chi connectivity index (χ3n) is 4.14. The number of hydrogen-bond acceptors (Lipinski definition) is 5. The fourth-order valence-corrected chi connectivity index (χ4v) is 2.92. The fourth-order valence-electron chi connectivity index (χ4n) is 2.92. The molecule has 0 bridgehead atoms. The summed E-state index contributed by atoms with van der Waals surface area (Å²) in [5, 5.41) is 8.57. The van der Waals surface area contributed by atoms with Crippen molar-refractivity contribution in [3.8, 4) is 11.5 Å². The average molecular weight is 344 g/mol. The maximum Gasteiger partial charge on any atom is 0.277 e. The lowest BCUT2D eigenvalue weighted by molar-refractivity contribution is 0.101. The largest absolute Gasteiger partial charge is 0.461 e. The lowest BCUT2D eigenvalue weighted by atomic mass is 10.1. The van der Waals surface area contributed by atoms with E-state index in [0.29, 0.717) is 17.2 Å². The molecule has 3 heterocycles. The number of benzene rings is 2. The van der Waals surface area contributed by atoms with Gasteiger partial charge in [0, 0.05) is 22.5 Å². The maximum atomic E-state index is 12.4. The zero-order chi connectivity index (χ0) is 17.5. The summed E-state index contributed by atoms with van der Waals surface area (Å²) in [6.07, 6.45) is 1.53. The van der Waals surface area contributed by atoms with E-state index in [1.54, 1.807) is 24.3 Å². The number of para-hydroxylation sites is 1. The molecular weight excluding hydrogens is 332 g/mol. The van der Waals surface area contributed by atoms with E-state index in [1.807, 2.05) is 36.4 Å². The number of nitrogens with zero attached hydrogens (tertiary/aromatic N) is 1. The first-order valence-corrected chi connectivity index (χ1v) is 8.01. The first-order chi connectivity index (χ1) is 12.8. The second-order valence-electron chi connectivity index (χ2n) is 5.82. The Morgan fingerprint density at radius 2 is 1.77 bits per heavy atom. The third-order valence-corrected chi connectivity index (χ3v) is 4.14. The second kappa shape index (κ2) is 5.63. The van der Waals surface area contributed by atoms with Gasteiger partial charge in [0.2, 0.25) is 5.76 Å². The summed E-state index contributed by atoms with van der Waals surface area (Å²) >= 11 is 0. The van der Waals surface area contributed by atoms with Gasteiger partial charge in [-0.2, -0.15) is 0 Å². The lowest BCUT2D eigenvalue weighted by Gasteiger charge is -2.02. The molecule has 6 nitrogen and oxygen atoms in total. The Labute approximate surface area is 147 Å². The average Bonchev–Trinajstić information content (AvgIpc) is 3.40. The molecule has 0 saturated carbocycles. The summed E-state index contributed by atoms with van der Waals surface area (Å²) in [7, 11) is 0. The van der Waals surface area contributed by atoms with Gasteiger partial charge in [-0.3, -0.25) is 4.79 Å². The van der Waals surface area contributed by atoms with Crippen LogP contribution in [0.15, 0.2) is 80.3 Å². The monoisotopic (exact) mass is 344 g/mol. The maximum absolute atomic E-state index is 12.4. The summed E-state index contributed by atoms with van der Waals surface area (Å²) in [6, 6.07) is 18.3. The van der Waals surface area contributed by atoms with Crippen LogP contribution in [0.2, 0.25) is 0 Å². The molecule has 0 radical (unpaired) electrons.